The van der Waals surface area contributed by atoms with Crippen LogP contribution < -0.4 is 14.8 Å². The first kappa shape index (κ1) is 16.5. The average molecular weight is 322 g/mol. The Morgan fingerprint density at radius 1 is 0.909 bits per heavy atom. The van der Waals surface area contributed by atoms with E-state index in [1.54, 1.807) is 7.11 Å². The molecule has 0 unspecified atom stereocenters. The summed E-state index contributed by atoms with van der Waals surface area (Å²) in [6, 6.07) is 15.1. The van der Waals surface area contributed by atoms with Crippen LogP contribution >= 0.6 is 11.6 Å². The minimum atomic E-state index is 0.541. The number of hydrogen-bond acceptors (Lipinski definition) is 4. The van der Waals surface area contributed by atoms with Crippen molar-refractivity contribution >= 4 is 17.3 Å². The molecule has 118 valence electrons. The predicted molar refractivity (Wildman–Crippen MR) is 89.2 cm³/mol. The Bertz CT molecular complexity index is 560. The van der Waals surface area contributed by atoms with Crippen LogP contribution in [0.2, 0.25) is 5.02 Å². The van der Waals surface area contributed by atoms with Crippen molar-refractivity contribution in [2.75, 3.05) is 38.8 Å². The van der Waals surface area contributed by atoms with Gasteiger partial charge in [0.1, 0.15) is 24.7 Å². The Morgan fingerprint density at radius 2 is 1.68 bits per heavy atom. The lowest BCUT2D eigenvalue weighted by atomic mass is 10.3. The van der Waals surface area contributed by atoms with Gasteiger partial charge in [0, 0.05) is 30.4 Å². The number of anilines is 1. The third kappa shape index (κ3) is 5.84. The third-order valence-electron chi connectivity index (χ3n) is 2.90. The van der Waals surface area contributed by atoms with Crippen LogP contribution in [-0.4, -0.2) is 33.5 Å². The van der Waals surface area contributed by atoms with Crippen LogP contribution in [0.15, 0.2) is 48.5 Å². The molecule has 5 heteroatoms. The summed E-state index contributed by atoms with van der Waals surface area (Å²) in [6.07, 6.45) is 0. The summed E-state index contributed by atoms with van der Waals surface area (Å²) >= 11 is 5.83. The van der Waals surface area contributed by atoms with Crippen molar-refractivity contribution in [3.63, 3.8) is 0 Å². The van der Waals surface area contributed by atoms with Gasteiger partial charge < -0.3 is 19.5 Å². The second-order valence-corrected chi connectivity index (χ2v) is 5.03. The Labute approximate surface area is 136 Å². The molecule has 0 heterocycles. The van der Waals surface area contributed by atoms with Crippen molar-refractivity contribution in [2.45, 2.75) is 0 Å². The van der Waals surface area contributed by atoms with Gasteiger partial charge in [0.25, 0.3) is 0 Å². The van der Waals surface area contributed by atoms with Crippen molar-refractivity contribution < 1.29 is 14.2 Å². The largest absolute Gasteiger partial charge is 0.492 e. The van der Waals surface area contributed by atoms with Crippen LogP contribution in [0.4, 0.5) is 5.69 Å². The van der Waals surface area contributed by atoms with E-state index in [9.17, 15) is 0 Å². The summed E-state index contributed by atoms with van der Waals surface area (Å²) in [5, 5.41) is 4.00. The van der Waals surface area contributed by atoms with Gasteiger partial charge in [-0.1, -0.05) is 17.7 Å². The fourth-order valence-electron chi connectivity index (χ4n) is 1.83. The van der Waals surface area contributed by atoms with E-state index in [1.807, 2.05) is 48.5 Å². The lowest BCUT2D eigenvalue weighted by Crippen LogP contribution is -2.11. The molecular formula is C17H20ClNO3. The molecule has 2 aromatic rings. The quantitative estimate of drug-likeness (QED) is 0.712. The van der Waals surface area contributed by atoms with Crippen molar-refractivity contribution in [2.24, 2.45) is 0 Å². The Kier molecular flexibility index (Phi) is 6.87. The van der Waals surface area contributed by atoms with Gasteiger partial charge in [0.05, 0.1) is 6.61 Å². The van der Waals surface area contributed by atoms with Gasteiger partial charge in [-0.25, -0.2) is 0 Å². The average Bonchev–Trinajstić information content (AvgIpc) is 2.54. The van der Waals surface area contributed by atoms with E-state index in [4.69, 9.17) is 25.8 Å². The van der Waals surface area contributed by atoms with Gasteiger partial charge >= 0.3 is 0 Å². The van der Waals surface area contributed by atoms with Gasteiger partial charge in [0.15, 0.2) is 0 Å². The zero-order valence-electron chi connectivity index (χ0n) is 12.5. The summed E-state index contributed by atoms with van der Waals surface area (Å²) in [6.45, 7) is 2.38. The van der Waals surface area contributed by atoms with Crippen LogP contribution in [0.1, 0.15) is 0 Å². The normalized spacial score (nSPS) is 10.3. The molecule has 0 atom stereocenters. The van der Waals surface area contributed by atoms with E-state index in [0.29, 0.717) is 31.4 Å². The SMILES string of the molecule is COCCOc1cccc(NCCOc2ccc(Cl)cc2)c1. The molecule has 0 spiro atoms. The summed E-state index contributed by atoms with van der Waals surface area (Å²) in [5.74, 6) is 1.63. The minimum Gasteiger partial charge on any atom is -0.492 e. The number of nitrogens with one attached hydrogen (secondary N) is 1. The fourth-order valence-corrected chi connectivity index (χ4v) is 1.96. The topological polar surface area (TPSA) is 39.7 Å². The number of halogens is 1. The summed E-state index contributed by atoms with van der Waals surface area (Å²) < 4.78 is 16.1. The van der Waals surface area contributed by atoms with E-state index < -0.39 is 0 Å². The Balaban J connectivity index is 1.72. The minimum absolute atomic E-state index is 0.541. The van der Waals surface area contributed by atoms with Crippen LogP contribution in [0.25, 0.3) is 0 Å². The number of benzene rings is 2. The standard InChI is InChI=1S/C17H20ClNO3/c1-20-11-12-22-17-4-2-3-15(13-17)19-9-10-21-16-7-5-14(18)6-8-16/h2-8,13,19H,9-12H2,1H3. The van der Waals surface area contributed by atoms with Gasteiger partial charge in [-0.2, -0.15) is 0 Å². The van der Waals surface area contributed by atoms with E-state index in [2.05, 4.69) is 5.32 Å². The maximum atomic E-state index is 5.83. The molecule has 1 N–H and O–H groups in total. The molecule has 2 rings (SSSR count). The van der Waals surface area contributed by atoms with Crippen LogP contribution in [-0.2, 0) is 4.74 Å². The molecule has 0 amide bonds. The van der Waals surface area contributed by atoms with Crippen LogP contribution in [0, 0.1) is 0 Å². The molecule has 2 aromatic carbocycles. The van der Waals surface area contributed by atoms with E-state index in [0.717, 1.165) is 17.2 Å². The molecule has 0 fully saturated rings. The van der Waals surface area contributed by atoms with E-state index in [-0.39, 0.29) is 0 Å². The summed E-state index contributed by atoms with van der Waals surface area (Å²) in [7, 11) is 1.65. The highest BCUT2D eigenvalue weighted by Crippen LogP contribution is 2.18. The second-order valence-electron chi connectivity index (χ2n) is 4.60. The van der Waals surface area contributed by atoms with E-state index in [1.165, 1.54) is 0 Å². The molecule has 4 nitrogen and oxygen atoms in total. The zero-order chi connectivity index (χ0) is 15.6. The number of ether oxygens (including phenoxy) is 3. The number of hydrogen-bond donors (Lipinski definition) is 1. The highest BCUT2D eigenvalue weighted by atomic mass is 35.5. The molecule has 0 radical (unpaired) electrons. The van der Waals surface area contributed by atoms with Gasteiger partial charge in [-0.3, -0.25) is 0 Å². The molecule has 0 bridgehead atoms. The maximum Gasteiger partial charge on any atom is 0.121 e. The molecular weight excluding hydrogens is 302 g/mol. The summed E-state index contributed by atoms with van der Waals surface area (Å²) in [4.78, 5) is 0. The lowest BCUT2D eigenvalue weighted by Gasteiger charge is -2.10. The first-order valence-electron chi connectivity index (χ1n) is 7.12. The van der Waals surface area contributed by atoms with Gasteiger partial charge in [-0.05, 0) is 36.4 Å². The molecule has 0 saturated heterocycles. The smallest absolute Gasteiger partial charge is 0.121 e. The molecule has 0 aliphatic carbocycles. The van der Waals surface area contributed by atoms with Crippen molar-refractivity contribution in [1.82, 2.24) is 0 Å². The van der Waals surface area contributed by atoms with Gasteiger partial charge in [-0.15, -0.1) is 0 Å². The highest BCUT2D eigenvalue weighted by Gasteiger charge is 1.98. The lowest BCUT2D eigenvalue weighted by molar-refractivity contribution is 0.146. The van der Waals surface area contributed by atoms with Crippen molar-refractivity contribution in [3.05, 3.63) is 53.6 Å². The summed E-state index contributed by atoms with van der Waals surface area (Å²) in [5.41, 5.74) is 0.995. The first-order valence-corrected chi connectivity index (χ1v) is 7.50. The molecule has 0 aliphatic heterocycles. The third-order valence-corrected chi connectivity index (χ3v) is 3.16. The second kappa shape index (κ2) is 9.18. The molecule has 0 saturated carbocycles. The number of methoxy groups -OCH3 is 1. The van der Waals surface area contributed by atoms with Crippen molar-refractivity contribution in [3.8, 4) is 11.5 Å². The fraction of sp³-hybridized carbons (Fsp3) is 0.294. The Morgan fingerprint density at radius 3 is 2.45 bits per heavy atom. The van der Waals surface area contributed by atoms with E-state index >= 15 is 0 Å². The first-order chi connectivity index (χ1) is 10.8. The van der Waals surface area contributed by atoms with Crippen LogP contribution in [0.5, 0.6) is 11.5 Å². The predicted octanol–water partition coefficient (Wildman–Crippen LogP) is 3.86. The zero-order valence-corrected chi connectivity index (χ0v) is 13.3. The van der Waals surface area contributed by atoms with Gasteiger partial charge in [0.2, 0.25) is 0 Å². The monoisotopic (exact) mass is 321 g/mol. The maximum absolute atomic E-state index is 5.83. The molecule has 22 heavy (non-hydrogen) atoms. The highest BCUT2D eigenvalue weighted by molar-refractivity contribution is 6.30. The van der Waals surface area contributed by atoms with Crippen molar-refractivity contribution in [1.29, 1.82) is 0 Å². The Hall–Kier alpha value is -1.91. The molecule has 0 aliphatic rings. The number of rotatable bonds is 9. The van der Waals surface area contributed by atoms with Crippen LogP contribution in [0.3, 0.4) is 0 Å². The molecule has 0 aromatic heterocycles.